The molecule has 3 rings (SSSR count). The van der Waals surface area contributed by atoms with Gasteiger partial charge in [0.05, 0.1) is 17.5 Å². The Balaban J connectivity index is 1.78. The summed E-state index contributed by atoms with van der Waals surface area (Å²) in [6.45, 7) is 5.07. The second-order valence-corrected chi connectivity index (χ2v) is 8.28. The van der Waals surface area contributed by atoms with Crippen LogP contribution < -0.4 is 4.72 Å². The molecule has 112 valence electrons. The lowest BCUT2D eigenvalue weighted by atomic mass is 10.1. The Labute approximate surface area is 129 Å². The second-order valence-electron chi connectivity index (χ2n) is 5.21. The third-order valence-electron chi connectivity index (χ3n) is 3.43. The maximum Gasteiger partial charge on any atom is 0.235 e. The number of anilines is 1. The summed E-state index contributed by atoms with van der Waals surface area (Å²) in [4.78, 5) is 6.61. The van der Waals surface area contributed by atoms with Crippen LogP contribution in [0.3, 0.4) is 0 Å². The average molecular weight is 323 g/mol. The quantitative estimate of drug-likeness (QED) is 0.925. The predicted octanol–water partition coefficient (Wildman–Crippen LogP) is 2.55. The van der Waals surface area contributed by atoms with E-state index in [9.17, 15) is 8.42 Å². The van der Waals surface area contributed by atoms with Gasteiger partial charge in [-0.3, -0.25) is 9.71 Å². The first-order valence-electron chi connectivity index (χ1n) is 6.78. The third-order valence-corrected chi connectivity index (χ3v) is 6.09. The summed E-state index contributed by atoms with van der Waals surface area (Å²) >= 11 is 1.64. The van der Waals surface area contributed by atoms with Crippen molar-refractivity contribution < 1.29 is 8.42 Å². The summed E-state index contributed by atoms with van der Waals surface area (Å²) < 4.78 is 26.3. The molecule has 0 radical (unpaired) electrons. The Kier molecular flexibility index (Phi) is 3.71. The lowest BCUT2D eigenvalue weighted by Crippen LogP contribution is -2.22. The predicted molar refractivity (Wildman–Crippen MR) is 88.7 cm³/mol. The molecule has 0 fully saturated rings. The highest BCUT2D eigenvalue weighted by atomic mass is 32.2. The molecule has 0 atom stereocenters. The molecule has 0 bridgehead atoms. The summed E-state index contributed by atoms with van der Waals surface area (Å²) in [6, 6.07) is 7.47. The first kappa shape index (κ1) is 14.5. The molecule has 1 N–H and O–H groups in total. The molecule has 1 aromatic carbocycles. The van der Waals surface area contributed by atoms with Crippen LogP contribution in [0.4, 0.5) is 5.69 Å². The van der Waals surface area contributed by atoms with Crippen molar-refractivity contribution in [3.63, 3.8) is 0 Å². The smallest absolute Gasteiger partial charge is 0.235 e. The van der Waals surface area contributed by atoms with Crippen molar-refractivity contribution in [2.24, 2.45) is 4.99 Å². The summed E-state index contributed by atoms with van der Waals surface area (Å²) in [5.74, 6) is 0. The summed E-state index contributed by atoms with van der Waals surface area (Å²) in [5.41, 5.74) is 2.80. The molecule has 1 aromatic rings. The number of hydrogen-bond acceptors (Lipinski definition) is 5. The zero-order valence-corrected chi connectivity index (χ0v) is 13.5. The third kappa shape index (κ3) is 2.80. The van der Waals surface area contributed by atoms with Crippen LogP contribution in [0.1, 0.15) is 19.4 Å². The highest BCUT2D eigenvalue weighted by Gasteiger charge is 2.27. The normalized spacial score (nSPS) is 17.8. The molecule has 2 heterocycles. The fourth-order valence-corrected chi connectivity index (χ4v) is 3.80. The molecular weight excluding hydrogens is 306 g/mol. The largest absolute Gasteiger partial charge is 0.318 e. The number of sulfonamides is 1. The number of thioether (sulfide) groups is 1. The summed E-state index contributed by atoms with van der Waals surface area (Å²) in [5, 5.41) is 2.69. The molecule has 0 aliphatic carbocycles. The molecule has 5 nitrogen and oxygen atoms in total. The number of rotatable bonds is 4. The van der Waals surface area contributed by atoms with E-state index in [2.05, 4.69) is 20.0 Å². The maximum atomic E-state index is 11.8. The molecular formula is C14H17N3O2S2. The molecule has 2 aliphatic heterocycles. The topological polar surface area (TPSA) is 61.8 Å². The first-order valence-corrected chi connectivity index (χ1v) is 9.21. The van der Waals surface area contributed by atoms with Gasteiger partial charge in [0.25, 0.3) is 0 Å². The summed E-state index contributed by atoms with van der Waals surface area (Å²) in [6.07, 6.45) is 0. The van der Waals surface area contributed by atoms with E-state index < -0.39 is 15.3 Å². The second kappa shape index (κ2) is 5.38. The van der Waals surface area contributed by atoms with E-state index in [1.807, 2.05) is 12.1 Å². The van der Waals surface area contributed by atoms with Gasteiger partial charge in [-0.25, -0.2) is 8.42 Å². The highest BCUT2D eigenvalue weighted by molar-refractivity contribution is 8.16. The SMILES string of the molecule is CC(C)S(=O)(=O)Nc1ccc(C2=CSC3=NCCN23)cc1. The molecule has 0 spiro atoms. The molecule has 0 amide bonds. The van der Waals surface area contributed by atoms with Gasteiger partial charge < -0.3 is 4.90 Å². The fourth-order valence-electron chi connectivity index (χ4n) is 2.14. The van der Waals surface area contributed by atoms with Crippen LogP contribution in [0.5, 0.6) is 0 Å². The minimum atomic E-state index is -3.30. The summed E-state index contributed by atoms with van der Waals surface area (Å²) in [7, 11) is -3.30. The Morgan fingerprint density at radius 1 is 1.29 bits per heavy atom. The maximum absolute atomic E-state index is 11.8. The standard InChI is InChI=1S/C14H17N3O2S2/c1-10(2)21(18,19)16-12-5-3-11(4-6-12)13-9-20-14-15-7-8-17(13)14/h3-6,9-10,16H,7-8H2,1-2H3. The van der Waals surface area contributed by atoms with Gasteiger partial charge in [0.2, 0.25) is 10.0 Å². The fraction of sp³-hybridized carbons (Fsp3) is 0.357. The molecule has 0 saturated carbocycles. The van der Waals surface area contributed by atoms with Crippen LogP contribution in [-0.2, 0) is 10.0 Å². The van der Waals surface area contributed by atoms with Gasteiger partial charge in [0.15, 0.2) is 5.17 Å². The van der Waals surface area contributed by atoms with E-state index in [-0.39, 0.29) is 0 Å². The van der Waals surface area contributed by atoms with Crippen molar-refractivity contribution in [2.45, 2.75) is 19.1 Å². The van der Waals surface area contributed by atoms with Crippen LogP contribution in [0.2, 0.25) is 0 Å². The van der Waals surface area contributed by atoms with Gasteiger partial charge in [-0.05, 0) is 31.5 Å². The van der Waals surface area contributed by atoms with Crippen molar-refractivity contribution in [1.82, 2.24) is 4.90 Å². The van der Waals surface area contributed by atoms with Crippen LogP contribution in [0.25, 0.3) is 5.70 Å². The lowest BCUT2D eigenvalue weighted by Gasteiger charge is -2.17. The van der Waals surface area contributed by atoms with Gasteiger partial charge in [-0.1, -0.05) is 23.9 Å². The minimum Gasteiger partial charge on any atom is -0.318 e. The van der Waals surface area contributed by atoms with Gasteiger partial charge in [-0.15, -0.1) is 0 Å². The number of benzene rings is 1. The van der Waals surface area contributed by atoms with Crippen molar-refractivity contribution >= 4 is 38.3 Å². The number of amidine groups is 1. The van der Waals surface area contributed by atoms with Crippen molar-refractivity contribution in [1.29, 1.82) is 0 Å². The number of fused-ring (bicyclic) bond motifs is 1. The molecule has 7 heteroatoms. The zero-order chi connectivity index (χ0) is 15.0. The van der Waals surface area contributed by atoms with Crippen molar-refractivity contribution in [2.75, 3.05) is 17.8 Å². The van der Waals surface area contributed by atoms with Crippen molar-refractivity contribution in [3.8, 4) is 0 Å². The lowest BCUT2D eigenvalue weighted by molar-refractivity contribution is 0.593. The Hall–Kier alpha value is -1.47. The monoisotopic (exact) mass is 323 g/mol. The van der Waals surface area contributed by atoms with Crippen LogP contribution in [0.15, 0.2) is 34.7 Å². The number of nitrogens with zero attached hydrogens (tertiary/aromatic N) is 2. The van der Waals surface area contributed by atoms with Gasteiger partial charge in [-0.2, -0.15) is 0 Å². The van der Waals surface area contributed by atoms with Gasteiger partial charge in [0, 0.05) is 17.6 Å². The zero-order valence-electron chi connectivity index (χ0n) is 11.9. The number of hydrogen-bond donors (Lipinski definition) is 1. The average Bonchev–Trinajstić information content (AvgIpc) is 3.02. The van der Waals surface area contributed by atoms with Gasteiger partial charge in [0.1, 0.15) is 0 Å². The molecule has 0 aromatic heterocycles. The molecule has 0 saturated heterocycles. The highest BCUT2D eigenvalue weighted by Crippen LogP contribution is 2.35. The Morgan fingerprint density at radius 2 is 2.00 bits per heavy atom. The van der Waals surface area contributed by atoms with Crippen LogP contribution >= 0.6 is 11.8 Å². The number of aliphatic imine (C=N–C) groups is 1. The van der Waals surface area contributed by atoms with Gasteiger partial charge >= 0.3 is 0 Å². The minimum absolute atomic E-state index is 0.450. The van der Waals surface area contributed by atoms with E-state index in [0.717, 1.165) is 29.5 Å². The molecule has 0 unspecified atom stereocenters. The Bertz CT molecular complexity index is 706. The van der Waals surface area contributed by atoms with E-state index in [1.165, 1.54) is 0 Å². The van der Waals surface area contributed by atoms with E-state index in [0.29, 0.717) is 5.69 Å². The number of nitrogens with one attached hydrogen (secondary N) is 1. The van der Waals surface area contributed by atoms with Crippen LogP contribution in [0, 0.1) is 0 Å². The van der Waals surface area contributed by atoms with E-state index >= 15 is 0 Å². The van der Waals surface area contributed by atoms with Crippen LogP contribution in [-0.4, -0.2) is 36.8 Å². The van der Waals surface area contributed by atoms with E-state index in [4.69, 9.17) is 0 Å². The van der Waals surface area contributed by atoms with E-state index in [1.54, 1.807) is 37.7 Å². The first-order chi connectivity index (χ1) is 9.97. The Morgan fingerprint density at radius 3 is 2.67 bits per heavy atom. The molecule has 2 aliphatic rings. The molecule has 21 heavy (non-hydrogen) atoms. The van der Waals surface area contributed by atoms with Crippen molar-refractivity contribution in [3.05, 3.63) is 35.2 Å².